The molecule has 1 heterocycles. The van der Waals surface area contributed by atoms with Crippen LogP contribution in [0, 0.1) is 5.82 Å². The van der Waals surface area contributed by atoms with E-state index >= 15 is 0 Å². The van der Waals surface area contributed by atoms with Gasteiger partial charge in [0.2, 0.25) is 0 Å². The van der Waals surface area contributed by atoms with E-state index in [4.69, 9.17) is 11.6 Å². The van der Waals surface area contributed by atoms with E-state index in [2.05, 4.69) is 31.9 Å². The molecule has 1 N–H and O–H groups in total. The monoisotopic (exact) mass is 398 g/mol. The molecule has 0 aliphatic heterocycles. The summed E-state index contributed by atoms with van der Waals surface area (Å²) in [6.45, 7) is 0. The maximum atomic E-state index is 13.1. The predicted octanol–water partition coefficient (Wildman–Crippen LogP) is 5.15. The second-order valence-corrected chi connectivity index (χ2v) is 7.00. The summed E-state index contributed by atoms with van der Waals surface area (Å²) in [5.41, 5.74) is 0.482. The molecule has 2 aromatic rings. The number of halogens is 4. The quantitative estimate of drug-likeness (QED) is 0.739. The summed E-state index contributed by atoms with van der Waals surface area (Å²) in [6.07, 6.45) is -0.895. The Kier molecular flexibility index (Phi) is 4.26. The first-order chi connectivity index (χ1) is 7.99. The first kappa shape index (κ1) is 13.5. The Bertz CT molecular complexity index is 539. The van der Waals surface area contributed by atoms with E-state index in [1.54, 1.807) is 12.1 Å². The van der Waals surface area contributed by atoms with Gasteiger partial charge < -0.3 is 5.11 Å². The standard InChI is InChI=1S/C11H6Br2ClFOS/c12-7-2-1-5(15)3-6(7)10(16)9-4-8(14)11(13)17-9/h1-4,10,16H. The molecule has 0 saturated carbocycles. The van der Waals surface area contributed by atoms with Gasteiger partial charge in [0.25, 0.3) is 0 Å². The Hall–Kier alpha value is 0.0600. The second kappa shape index (κ2) is 5.36. The van der Waals surface area contributed by atoms with Crippen LogP contribution in [0.2, 0.25) is 5.02 Å². The van der Waals surface area contributed by atoms with E-state index < -0.39 is 6.10 Å². The summed E-state index contributed by atoms with van der Waals surface area (Å²) in [7, 11) is 0. The first-order valence-electron chi connectivity index (χ1n) is 4.57. The lowest BCUT2D eigenvalue weighted by Gasteiger charge is -2.11. The molecule has 0 radical (unpaired) electrons. The van der Waals surface area contributed by atoms with Crippen molar-refractivity contribution in [3.63, 3.8) is 0 Å². The predicted molar refractivity (Wildman–Crippen MR) is 75.2 cm³/mol. The number of hydrogen-bond acceptors (Lipinski definition) is 2. The average Bonchev–Trinajstić information content (AvgIpc) is 2.62. The maximum Gasteiger partial charge on any atom is 0.123 e. The van der Waals surface area contributed by atoms with Gasteiger partial charge in [0.05, 0.1) is 8.81 Å². The van der Waals surface area contributed by atoms with E-state index in [1.165, 1.54) is 23.5 Å². The largest absolute Gasteiger partial charge is 0.383 e. The fourth-order valence-corrected chi connectivity index (χ4v) is 3.59. The number of benzene rings is 1. The summed E-state index contributed by atoms with van der Waals surface area (Å²) >= 11 is 13.8. The van der Waals surface area contributed by atoms with E-state index in [0.717, 1.165) is 3.79 Å². The minimum absolute atomic E-state index is 0.385. The van der Waals surface area contributed by atoms with Crippen LogP contribution in [0.15, 0.2) is 32.5 Å². The molecule has 1 nitrogen and oxygen atoms in total. The van der Waals surface area contributed by atoms with Gasteiger partial charge in [-0.1, -0.05) is 27.5 Å². The van der Waals surface area contributed by atoms with Gasteiger partial charge >= 0.3 is 0 Å². The van der Waals surface area contributed by atoms with Crippen LogP contribution >= 0.6 is 54.8 Å². The Balaban J connectivity index is 2.42. The number of aliphatic hydroxyl groups excluding tert-OH is 1. The van der Waals surface area contributed by atoms with Crippen LogP contribution in [-0.4, -0.2) is 5.11 Å². The molecule has 1 unspecified atom stereocenters. The topological polar surface area (TPSA) is 20.2 Å². The third-order valence-corrected chi connectivity index (χ3v) is 5.44. The van der Waals surface area contributed by atoms with Gasteiger partial charge in [-0.25, -0.2) is 4.39 Å². The van der Waals surface area contributed by atoms with Gasteiger partial charge in [0.1, 0.15) is 11.9 Å². The normalized spacial score (nSPS) is 12.8. The Morgan fingerprint density at radius 2 is 2.00 bits per heavy atom. The highest BCUT2D eigenvalue weighted by atomic mass is 79.9. The molecular formula is C11H6Br2ClFOS. The molecule has 1 aromatic heterocycles. The summed E-state index contributed by atoms with van der Waals surface area (Å²) in [5.74, 6) is -0.385. The van der Waals surface area contributed by atoms with E-state index in [-0.39, 0.29) is 5.82 Å². The van der Waals surface area contributed by atoms with Gasteiger partial charge in [-0.05, 0) is 40.2 Å². The SMILES string of the molecule is OC(c1cc(Cl)c(Br)s1)c1cc(F)ccc1Br. The lowest BCUT2D eigenvalue weighted by Crippen LogP contribution is -1.98. The van der Waals surface area contributed by atoms with Crippen molar-refractivity contribution in [2.75, 3.05) is 0 Å². The molecule has 0 aliphatic carbocycles. The van der Waals surface area contributed by atoms with Crippen LogP contribution in [-0.2, 0) is 0 Å². The van der Waals surface area contributed by atoms with Crippen LogP contribution in [0.3, 0.4) is 0 Å². The number of rotatable bonds is 2. The van der Waals surface area contributed by atoms with Crippen molar-refractivity contribution in [2.45, 2.75) is 6.10 Å². The van der Waals surface area contributed by atoms with Gasteiger partial charge in [-0.15, -0.1) is 11.3 Å². The summed E-state index contributed by atoms with van der Waals surface area (Å²) < 4.78 is 14.6. The third-order valence-electron chi connectivity index (χ3n) is 2.19. The molecular weight excluding hydrogens is 394 g/mol. The highest BCUT2D eigenvalue weighted by molar-refractivity contribution is 9.11. The maximum absolute atomic E-state index is 13.1. The van der Waals surface area contributed by atoms with Crippen molar-refractivity contribution < 1.29 is 9.50 Å². The molecule has 2 rings (SSSR count). The molecule has 0 bridgehead atoms. The van der Waals surface area contributed by atoms with Gasteiger partial charge in [0, 0.05) is 14.9 Å². The molecule has 0 saturated heterocycles. The van der Waals surface area contributed by atoms with E-state index in [1.807, 2.05) is 0 Å². The highest BCUT2D eigenvalue weighted by Crippen LogP contribution is 2.39. The van der Waals surface area contributed by atoms with Crippen LogP contribution < -0.4 is 0 Å². The van der Waals surface area contributed by atoms with E-state index in [0.29, 0.717) is 19.9 Å². The Labute approximate surface area is 123 Å². The van der Waals surface area contributed by atoms with Crippen LogP contribution in [0.25, 0.3) is 0 Å². The molecule has 90 valence electrons. The van der Waals surface area contributed by atoms with Crippen LogP contribution in [0.4, 0.5) is 4.39 Å². The first-order valence-corrected chi connectivity index (χ1v) is 7.35. The summed E-state index contributed by atoms with van der Waals surface area (Å²) in [6, 6.07) is 5.87. The van der Waals surface area contributed by atoms with Crippen LogP contribution in [0.1, 0.15) is 16.5 Å². The zero-order valence-electron chi connectivity index (χ0n) is 8.25. The van der Waals surface area contributed by atoms with Crippen molar-refractivity contribution in [3.05, 3.63) is 53.8 Å². The lowest BCUT2D eigenvalue weighted by atomic mass is 10.1. The molecule has 0 aliphatic rings. The highest BCUT2D eigenvalue weighted by Gasteiger charge is 2.18. The molecule has 0 spiro atoms. The minimum atomic E-state index is -0.895. The van der Waals surface area contributed by atoms with Gasteiger partial charge in [-0.3, -0.25) is 0 Å². The zero-order chi connectivity index (χ0) is 12.6. The van der Waals surface area contributed by atoms with Gasteiger partial charge in [0.15, 0.2) is 0 Å². The average molecular weight is 400 g/mol. The Morgan fingerprint density at radius 3 is 2.59 bits per heavy atom. The molecule has 1 aromatic carbocycles. The smallest absolute Gasteiger partial charge is 0.123 e. The van der Waals surface area contributed by atoms with Gasteiger partial charge in [-0.2, -0.15) is 0 Å². The van der Waals surface area contributed by atoms with Crippen molar-refractivity contribution in [1.29, 1.82) is 0 Å². The molecule has 0 fully saturated rings. The van der Waals surface area contributed by atoms with Crippen LogP contribution in [0.5, 0.6) is 0 Å². The number of thiophene rings is 1. The number of aliphatic hydroxyl groups is 1. The zero-order valence-corrected chi connectivity index (χ0v) is 13.0. The molecule has 17 heavy (non-hydrogen) atoms. The molecule has 6 heteroatoms. The fourth-order valence-electron chi connectivity index (χ4n) is 1.38. The number of hydrogen-bond donors (Lipinski definition) is 1. The van der Waals surface area contributed by atoms with Crippen molar-refractivity contribution in [1.82, 2.24) is 0 Å². The molecule has 1 atom stereocenters. The van der Waals surface area contributed by atoms with Crippen molar-refractivity contribution in [3.8, 4) is 0 Å². The summed E-state index contributed by atoms with van der Waals surface area (Å²) in [5, 5.41) is 10.7. The third kappa shape index (κ3) is 2.90. The lowest BCUT2D eigenvalue weighted by molar-refractivity contribution is 0.223. The minimum Gasteiger partial charge on any atom is -0.383 e. The summed E-state index contributed by atoms with van der Waals surface area (Å²) in [4.78, 5) is 0.660. The Morgan fingerprint density at radius 1 is 1.29 bits per heavy atom. The van der Waals surface area contributed by atoms with E-state index in [9.17, 15) is 9.50 Å². The molecule has 0 amide bonds. The van der Waals surface area contributed by atoms with Crippen molar-refractivity contribution >= 4 is 54.8 Å². The second-order valence-electron chi connectivity index (χ2n) is 3.34. The van der Waals surface area contributed by atoms with Crippen molar-refractivity contribution in [2.24, 2.45) is 0 Å². The fraction of sp³-hybridized carbons (Fsp3) is 0.0909.